The van der Waals surface area contributed by atoms with E-state index in [0.29, 0.717) is 5.75 Å². The molecule has 0 saturated heterocycles. The summed E-state index contributed by atoms with van der Waals surface area (Å²) in [6, 6.07) is 8.36. The number of benzene rings is 1. The van der Waals surface area contributed by atoms with E-state index in [1.54, 1.807) is 0 Å². The summed E-state index contributed by atoms with van der Waals surface area (Å²) >= 11 is 2.95. The summed E-state index contributed by atoms with van der Waals surface area (Å²) in [5, 5.41) is 11.9. The molecule has 0 unspecified atom stereocenters. The minimum atomic E-state index is 0.0280. The van der Waals surface area contributed by atoms with Crippen molar-refractivity contribution in [1.82, 2.24) is 15.5 Å². The van der Waals surface area contributed by atoms with Gasteiger partial charge in [-0.25, -0.2) is 0 Å². The Balaban J connectivity index is 1.89. The fraction of sp³-hybridized carbons (Fsp3) is 0.400. The normalized spacial score (nSPS) is 12.1. The van der Waals surface area contributed by atoms with Gasteiger partial charge in [-0.3, -0.25) is 4.79 Å². The number of nitrogens with one attached hydrogen (secondary N) is 1. The lowest BCUT2D eigenvalue weighted by atomic mass is 10.0. The molecule has 1 aromatic carbocycles. The van der Waals surface area contributed by atoms with Gasteiger partial charge in [0.05, 0.1) is 11.8 Å². The highest BCUT2D eigenvalue weighted by Crippen LogP contribution is 2.22. The molecule has 0 aliphatic rings. The molecule has 1 atom stereocenters. The summed E-state index contributed by atoms with van der Waals surface area (Å²) in [6.07, 6.45) is 0.872. The summed E-state index contributed by atoms with van der Waals surface area (Å²) in [5.41, 5.74) is 2.37. The molecule has 0 fully saturated rings. The Morgan fingerprint density at radius 2 is 2.00 bits per heavy atom. The molecule has 4 nitrogen and oxygen atoms in total. The molecule has 112 valence electrons. The maximum atomic E-state index is 12.1. The van der Waals surface area contributed by atoms with Crippen molar-refractivity contribution in [1.29, 1.82) is 0 Å². The van der Waals surface area contributed by atoms with Gasteiger partial charge in [0.15, 0.2) is 4.34 Å². The number of aryl methyl sites for hydroxylation is 2. The molecule has 0 spiro atoms. The van der Waals surface area contributed by atoms with Crippen molar-refractivity contribution in [2.24, 2.45) is 0 Å². The van der Waals surface area contributed by atoms with Crippen LogP contribution in [0.3, 0.4) is 0 Å². The van der Waals surface area contributed by atoms with Crippen molar-refractivity contribution >= 4 is 29.0 Å². The number of hydrogen-bond donors (Lipinski definition) is 1. The highest BCUT2D eigenvalue weighted by Gasteiger charge is 2.13. The molecule has 0 aliphatic heterocycles. The van der Waals surface area contributed by atoms with Crippen molar-refractivity contribution in [3.63, 3.8) is 0 Å². The predicted molar refractivity (Wildman–Crippen MR) is 87.7 cm³/mol. The third-order valence-electron chi connectivity index (χ3n) is 3.06. The predicted octanol–water partition coefficient (Wildman–Crippen LogP) is 3.51. The van der Waals surface area contributed by atoms with Gasteiger partial charge in [0.25, 0.3) is 0 Å². The smallest absolute Gasteiger partial charge is 0.230 e. The van der Waals surface area contributed by atoms with E-state index in [9.17, 15) is 4.79 Å². The van der Waals surface area contributed by atoms with Crippen LogP contribution in [0.5, 0.6) is 0 Å². The second-order valence-corrected chi connectivity index (χ2v) is 7.22. The SMILES string of the molecule is CC[C@H](NC(=O)CSc1nnc(C)s1)c1ccc(C)cc1. The van der Waals surface area contributed by atoms with Crippen molar-refractivity contribution in [2.75, 3.05) is 5.75 Å². The molecular weight excluding hydrogens is 302 g/mol. The van der Waals surface area contributed by atoms with Gasteiger partial charge < -0.3 is 5.32 Å². The molecule has 0 saturated carbocycles. The molecule has 1 amide bonds. The van der Waals surface area contributed by atoms with Crippen LogP contribution in [-0.2, 0) is 4.79 Å². The highest BCUT2D eigenvalue weighted by molar-refractivity contribution is 8.01. The van der Waals surface area contributed by atoms with Crippen LogP contribution >= 0.6 is 23.1 Å². The lowest BCUT2D eigenvalue weighted by Crippen LogP contribution is -2.29. The number of nitrogens with zero attached hydrogens (tertiary/aromatic N) is 2. The molecule has 1 N–H and O–H groups in total. The number of amides is 1. The van der Waals surface area contributed by atoms with Crippen LogP contribution < -0.4 is 5.32 Å². The van der Waals surface area contributed by atoms with Crippen LogP contribution in [0.4, 0.5) is 0 Å². The summed E-state index contributed by atoms with van der Waals surface area (Å²) in [4.78, 5) is 12.1. The molecule has 6 heteroatoms. The molecule has 21 heavy (non-hydrogen) atoms. The first-order chi connectivity index (χ1) is 10.1. The average Bonchev–Trinajstić information content (AvgIpc) is 2.89. The fourth-order valence-corrected chi connectivity index (χ4v) is 3.55. The number of hydrogen-bond acceptors (Lipinski definition) is 5. The van der Waals surface area contributed by atoms with Crippen LogP contribution in [0.25, 0.3) is 0 Å². The largest absolute Gasteiger partial charge is 0.349 e. The molecule has 0 radical (unpaired) electrons. The quantitative estimate of drug-likeness (QED) is 0.827. The van der Waals surface area contributed by atoms with E-state index < -0.39 is 0 Å². The zero-order valence-corrected chi connectivity index (χ0v) is 14.1. The van der Waals surface area contributed by atoms with Crippen molar-refractivity contribution < 1.29 is 4.79 Å². The monoisotopic (exact) mass is 321 g/mol. The lowest BCUT2D eigenvalue weighted by Gasteiger charge is -2.17. The van der Waals surface area contributed by atoms with Crippen LogP contribution in [0.2, 0.25) is 0 Å². The van der Waals surface area contributed by atoms with Crippen LogP contribution in [0.1, 0.15) is 35.5 Å². The van der Waals surface area contributed by atoms with Crippen LogP contribution in [0.15, 0.2) is 28.6 Å². The zero-order valence-electron chi connectivity index (χ0n) is 12.4. The van der Waals surface area contributed by atoms with Gasteiger partial charge in [0.2, 0.25) is 5.91 Å². The zero-order chi connectivity index (χ0) is 15.2. The first kappa shape index (κ1) is 16.0. The summed E-state index contributed by atoms with van der Waals surface area (Å²) in [6.45, 7) is 6.04. The standard InChI is InChI=1S/C15H19N3OS2/c1-4-13(12-7-5-10(2)6-8-12)16-14(19)9-20-15-18-17-11(3)21-15/h5-8,13H,4,9H2,1-3H3,(H,16,19)/t13-/m0/s1. The molecule has 2 aromatic rings. The second-order valence-electron chi connectivity index (χ2n) is 4.81. The van der Waals surface area contributed by atoms with E-state index in [0.717, 1.165) is 21.3 Å². The number of aromatic nitrogens is 2. The molecule has 2 rings (SSSR count). The number of carbonyl (C=O) groups excluding carboxylic acids is 1. The lowest BCUT2D eigenvalue weighted by molar-refractivity contribution is -0.119. The molecule has 1 heterocycles. The third-order valence-corrected chi connectivity index (χ3v) is 5.03. The Bertz CT molecular complexity index is 595. The van der Waals surface area contributed by atoms with E-state index in [-0.39, 0.29) is 11.9 Å². The Morgan fingerprint density at radius 3 is 2.57 bits per heavy atom. The van der Waals surface area contributed by atoms with E-state index in [1.807, 2.05) is 6.92 Å². The van der Waals surface area contributed by atoms with Gasteiger partial charge in [-0.15, -0.1) is 10.2 Å². The topological polar surface area (TPSA) is 54.9 Å². The Labute approximate surface area is 133 Å². The molecular formula is C15H19N3OS2. The van der Waals surface area contributed by atoms with Crippen molar-refractivity contribution in [2.45, 2.75) is 37.6 Å². The summed E-state index contributed by atoms with van der Waals surface area (Å²) in [7, 11) is 0. The van der Waals surface area contributed by atoms with E-state index in [2.05, 4.69) is 53.6 Å². The number of thioether (sulfide) groups is 1. The van der Waals surface area contributed by atoms with Crippen molar-refractivity contribution in [3.05, 3.63) is 40.4 Å². The van der Waals surface area contributed by atoms with Gasteiger partial charge >= 0.3 is 0 Å². The van der Waals surface area contributed by atoms with Crippen LogP contribution in [0, 0.1) is 13.8 Å². The Kier molecular flexibility index (Phi) is 5.76. The van der Waals surface area contributed by atoms with Crippen molar-refractivity contribution in [3.8, 4) is 0 Å². The van der Waals surface area contributed by atoms with Gasteiger partial charge in [0.1, 0.15) is 5.01 Å². The first-order valence-corrected chi connectivity index (χ1v) is 8.67. The van der Waals surface area contributed by atoms with Gasteiger partial charge in [0, 0.05) is 0 Å². The minimum absolute atomic E-state index is 0.0280. The average molecular weight is 321 g/mol. The fourth-order valence-electron chi connectivity index (χ4n) is 1.92. The van der Waals surface area contributed by atoms with Gasteiger partial charge in [-0.1, -0.05) is 59.9 Å². The van der Waals surface area contributed by atoms with Crippen LogP contribution in [-0.4, -0.2) is 21.9 Å². The summed E-state index contributed by atoms with van der Waals surface area (Å²) in [5.74, 6) is 0.400. The van der Waals surface area contributed by atoms with E-state index >= 15 is 0 Å². The molecule has 0 aliphatic carbocycles. The first-order valence-electron chi connectivity index (χ1n) is 6.87. The number of rotatable bonds is 6. The maximum Gasteiger partial charge on any atom is 0.230 e. The second kappa shape index (κ2) is 7.56. The third kappa shape index (κ3) is 4.82. The van der Waals surface area contributed by atoms with E-state index in [4.69, 9.17) is 0 Å². The summed E-state index contributed by atoms with van der Waals surface area (Å²) < 4.78 is 0.839. The Hall–Kier alpha value is -1.40. The minimum Gasteiger partial charge on any atom is -0.349 e. The maximum absolute atomic E-state index is 12.1. The van der Waals surface area contributed by atoms with Gasteiger partial charge in [-0.05, 0) is 25.8 Å². The van der Waals surface area contributed by atoms with E-state index in [1.165, 1.54) is 28.7 Å². The van der Waals surface area contributed by atoms with Gasteiger partial charge in [-0.2, -0.15) is 0 Å². The Morgan fingerprint density at radius 1 is 1.29 bits per heavy atom. The number of carbonyl (C=O) groups is 1. The highest BCUT2D eigenvalue weighted by atomic mass is 32.2. The molecule has 1 aromatic heterocycles. The molecule has 0 bridgehead atoms.